The highest BCUT2D eigenvalue weighted by molar-refractivity contribution is 5.83. The molecule has 0 radical (unpaired) electrons. The predicted molar refractivity (Wildman–Crippen MR) is 87.0 cm³/mol. The summed E-state index contributed by atoms with van der Waals surface area (Å²) in [6.45, 7) is 4.53. The summed E-state index contributed by atoms with van der Waals surface area (Å²) < 4.78 is 0. The molecule has 0 spiro atoms. The maximum atomic E-state index is 12.7. The molecule has 3 heteroatoms. The molecule has 3 N–H and O–H groups in total. The summed E-state index contributed by atoms with van der Waals surface area (Å²) in [5.41, 5.74) is 6.83. The maximum absolute atomic E-state index is 12.7. The predicted octanol–water partition coefficient (Wildman–Crippen LogP) is 3.20. The SMILES string of the molecule is CCC(CC)(CN)C(=O)NC1CCCC1c1ccccc1. The van der Waals surface area contributed by atoms with E-state index in [2.05, 4.69) is 43.4 Å². The molecular formula is C18H28N2O. The van der Waals surface area contributed by atoms with E-state index in [0.717, 1.165) is 25.7 Å². The molecule has 0 aromatic heterocycles. The molecule has 3 nitrogen and oxygen atoms in total. The Morgan fingerprint density at radius 2 is 1.90 bits per heavy atom. The van der Waals surface area contributed by atoms with Gasteiger partial charge in [0.05, 0.1) is 5.41 Å². The molecule has 0 aliphatic heterocycles. The van der Waals surface area contributed by atoms with E-state index in [1.54, 1.807) is 0 Å². The monoisotopic (exact) mass is 288 g/mol. The Morgan fingerprint density at radius 1 is 1.24 bits per heavy atom. The van der Waals surface area contributed by atoms with Gasteiger partial charge in [0.1, 0.15) is 0 Å². The highest BCUT2D eigenvalue weighted by atomic mass is 16.2. The standard InChI is InChI=1S/C18H28N2O/c1-3-18(4-2,13-19)17(21)20-16-12-8-11-15(16)14-9-6-5-7-10-14/h5-7,9-10,15-16H,3-4,8,11-13,19H2,1-2H3,(H,20,21). The van der Waals surface area contributed by atoms with E-state index in [1.165, 1.54) is 12.0 Å². The fraction of sp³-hybridized carbons (Fsp3) is 0.611. The number of hydrogen-bond donors (Lipinski definition) is 2. The normalized spacial score (nSPS) is 22.2. The van der Waals surface area contributed by atoms with Gasteiger partial charge in [-0.1, -0.05) is 50.6 Å². The molecule has 116 valence electrons. The fourth-order valence-electron chi connectivity index (χ4n) is 3.51. The van der Waals surface area contributed by atoms with Crippen LogP contribution in [0.25, 0.3) is 0 Å². The van der Waals surface area contributed by atoms with Crippen molar-refractivity contribution in [2.24, 2.45) is 11.1 Å². The highest BCUT2D eigenvalue weighted by Crippen LogP contribution is 2.35. The lowest BCUT2D eigenvalue weighted by Crippen LogP contribution is -2.49. The van der Waals surface area contributed by atoms with Crippen molar-refractivity contribution in [1.29, 1.82) is 0 Å². The Bertz CT molecular complexity index is 445. The zero-order chi connectivity index (χ0) is 15.3. The molecule has 2 unspecified atom stereocenters. The Balaban J connectivity index is 2.09. The largest absolute Gasteiger partial charge is 0.352 e. The number of nitrogens with one attached hydrogen (secondary N) is 1. The number of benzene rings is 1. The Kier molecular flexibility index (Phi) is 5.40. The molecule has 0 bridgehead atoms. The number of amides is 1. The van der Waals surface area contributed by atoms with Gasteiger partial charge in [0.25, 0.3) is 0 Å². The van der Waals surface area contributed by atoms with Gasteiger partial charge in [-0.05, 0) is 31.2 Å². The molecule has 21 heavy (non-hydrogen) atoms. The first-order chi connectivity index (χ1) is 10.2. The van der Waals surface area contributed by atoms with E-state index in [1.807, 2.05) is 6.07 Å². The van der Waals surface area contributed by atoms with E-state index in [4.69, 9.17) is 5.73 Å². The van der Waals surface area contributed by atoms with E-state index in [9.17, 15) is 4.79 Å². The van der Waals surface area contributed by atoms with Crippen LogP contribution in [0.15, 0.2) is 30.3 Å². The zero-order valence-electron chi connectivity index (χ0n) is 13.3. The Hall–Kier alpha value is -1.35. The van der Waals surface area contributed by atoms with Crippen LogP contribution in [0.2, 0.25) is 0 Å². The molecule has 0 heterocycles. The van der Waals surface area contributed by atoms with Crippen molar-refractivity contribution in [1.82, 2.24) is 5.32 Å². The lowest BCUT2D eigenvalue weighted by Gasteiger charge is -2.32. The third kappa shape index (κ3) is 3.29. The summed E-state index contributed by atoms with van der Waals surface area (Å²) in [7, 11) is 0. The zero-order valence-corrected chi connectivity index (χ0v) is 13.3. The van der Waals surface area contributed by atoms with Crippen molar-refractivity contribution in [3.63, 3.8) is 0 Å². The Morgan fingerprint density at radius 3 is 2.48 bits per heavy atom. The van der Waals surface area contributed by atoms with Crippen LogP contribution in [0.4, 0.5) is 0 Å². The van der Waals surface area contributed by atoms with Gasteiger partial charge in [-0.2, -0.15) is 0 Å². The second-order valence-corrected chi connectivity index (χ2v) is 6.22. The highest BCUT2D eigenvalue weighted by Gasteiger charge is 2.37. The van der Waals surface area contributed by atoms with Gasteiger partial charge in [0.2, 0.25) is 5.91 Å². The van der Waals surface area contributed by atoms with Crippen molar-refractivity contribution in [2.75, 3.05) is 6.54 Å². The van der Waals surface area contributed by atoms with Crippen LogP contribution < -0.4 is 11.1 Å². The second kappa shape index (κ2) is 7.08. The summed E-state index contributed by atoms with van der Waals surface area (Å²) in [5, 5.41) is 3.30. The topological polar surface area (TPSA) is 55.1 Å². The molecule has 2 atom stereocenters. The molecule has 1 aliphatic rings. The molecule has 1 saturated carbocycles. The first kappa shape index (κ1) is 16.0. The average molecular weight is 288 g/mol. The van der Waals surface area contributed by atoms with Crippen molar-refractivity contribution in [2.45, 2.75) is 57.9 Å². The number of hydrogen-bond acceptors (Lipinski definition) is 2. The van der Waals surface area contributed by atoms with Crippen molar-refractivity contribution in [3.8, 4) is 0 Å². The third-order valence-corrected chi connectivity index (χ3v) is 5.29. The fourth-order valence-corrected chi connectivity index (χ4v) is 3.51. The third-order valence-electron chi connectivity index (χ3n) is 5.29. The molecule has 1 fully saturated rings. The van der Waals surface area contributed by atoms with Gasteiger partial charge >= 0.3 is 0 Å². The molecule has 1 aromatic rings. The number of nitrogens with two attached hydrogens (primary N) is 1. The molecule has 2 rings (SSSR count). The van der Waals surface area contributed by atoms with Gasteiger partial charge in [-0.3, -0.25) is 4.79 Å². The second-order valence-electron chi connectivity index (χ2n) is 6.22. The van der Waals surface area contributed by atoms with E-state index in [-0.39, 0.29) is 11.9 Å². The van der Waals surface area contributed by atoms with E-state index < -0.39 is 5.41 Å². The van der Waals surface area contributed by atoms with Crippen molar-refractivity contribution in [3.05, 3.63) is 35.9 Å². The van der Waals surface area contributed by atoms with Crippen LogP contribution in [0.5, 0.6) is 0 Å². The average Bonchev–Trinajstić information content (AvgIpc) is 2.98. The minimum Gasteiger partial charge on any atom is -0.352 e. The van der Waals surface area contributed by atoms with E-state index in [0.29, 0.717) is 12.5 Å². The molecule has 1 aromatic carbocycles. The summed E-state index contributed by atoms with van der Waals surface area (Å²) in [5.74, 6) is 0.585. The van der Waals surface area contributed by atoms with Crippen LogP contribution in [-0.2, 0) is 4.79 Å². The lowest BCUT2D eigenvalue weighted by atomic mass is 9.81. The Labute approximate surface area is 128 Å². The molecule has 1 amide bonds. The van der Waals surface area contributed by atoms with Gasteiger partial charge in [-0.15, -0.1) is 0 Å². The van der Waals surface area contributed by atoms with Gasteiger partial charge in [0, 0.05) is 18.5 Å². The van der Waals surface area contributed by atoms with Gasteiger partial charge in [0.15, 0.2) is 0 Å². The first-order valence-electron chi connectivity index (χ1n) is 8.23. The summed E-state index contributed by atoms with van der Waals surface area (Å²) in [6, 6.07) is 10.8. The van der Waals surface area contributed by atoms with Crippen LogP contribution in [-0.4, -0.2) is 18.5 Å². The lowest BCUT2D eigenvalue weighted by molar-refractivity contribution is -0.131. The van der Waals surface area contributed by atoms with Crippen LogP contribution in [0.1, 0.15) is 57.4 Å². The summed E-state index contributed by atoms with van der Waals surface area (Å²) in [4.78, 5) is 12.7. The number of carbonyl (C=O) groups is 1. The first-order valence-corrected chi connectivity index (χ1v) is 8.23. The van der Waals surface area contributed by atoms with Gasteiger partial charge in [-0.25, -0.2) is 0 Å². The van der Waals surface area contributed by atoms with Gasteiger partial charge < -0.3 is 11.1 Å². The van der Waals surface area contributed by atoms with E-state index >= 15 is 0 Å². The van der Waals surface area contributed by atoms with Crippen molar-refractivity contribution < 1.29 is 4.79 Å². The number of carbonyl (C=O) groups excluding carboxylic acids is 1. The van der Waals surface area contributed by atoms with Crippen LogP contribution in [0, 0.1) is 5.41 Å². The minimum absolute atomic E-state index is 0.142. The van der Waals surface area contributed by atoms with Crippen molar-refractivity contribution >= 4 is 5.91 Å². The number of rotatable bonds is 6. The minimum atomic E-state index is -0.399. The quantitative estimate of drug-likeness (QED) is 0.844. The molecule has 1 aliphatic carbocycles. The molecule has 0 saturated heterocycles. The smallest absolute Gasteiger partial charge is 0.227 e. The van der Waals surface area contributed by atoms with Crippen LogP contribution in [0.3, 0.4) is 0 Å². The maximum Gasteiger partial charge on any atom is 0.227 e. The molecular weight excluding hydrogens is 260 g/mol. The summed E-state index contributed by atoms with van der Waals surface area (Å²) in [6.07, 6.45) is 5.00. The van der Waals surface area contributed by atoms with Crippen LogP contribution >= 0.6 is 0 Å². The summed E-state index contributed by atoms with van der Waals surface area (Å²) >= 11 is 0.